The second kappa shape index (κ2) is 29.0. The Kier molecular flexibility index (Phi) is 7.01. The molecule has 30 heavy (non-hydrogen) atoms. The molecule has 0 amide bonds. The smallest absolute Gasteiger partial charge is 0.0267 e. The molecule has 0 heteroatoms. The summed E-state index contributed by atoms with van der Waals surface area (Å²) in [5.74, 6) is 0. The SMILES string of the molecule is [2H]C(CCCCCCCCCCCCCCC)C([2H])([2H])C([2H])([2H])C([2H])([2H])C([2H])([2H])C([2H])([2H])C([2H])([2H])C([2H])([2H])C([2H])([2H])C([2H])([2H])C([2H])([2H])C([2H])([2H])C([2H])([2H])C([2H])([2H])C([2H])([2H])[2H]. The first-order valence-electron chi connectivity index (χ1n) is 26.2. The summed E-state index contributed by atoms with van der Waals surface area (Å²) in [6, 6.07) is 0. The van der Waals surface area contributed by atoms with Gasteiger partial charge in [-0.05, 0) is 0 Å². The van der Waals surface area contributed by atoms with Crippen LogP contribution >= 0.6 is 0 Å². The van der Waals surface area contributed by atoms with Crippen molar-refractivity contribution in [2.75, 3.05) is 0 Å². The summed E-state index contributed by atoms with van der Waals surface area (Å²) in [5, 5.41) is 0. The lowest BCUT2D eigenvalue weighted by Gasteiger charge is -2.04. The zero-order chi connectivity index (χ0) is 48.5. The molecule has 0 aliphatic carbocycles. The van der Waals surface area contributed by atoms with Gasteiger partial charge in [0, 0.05) is 41.1 Å². The molecule has 0 saturated carbocycles. The average molecular weight is 453 g/mol. The Morgan fingerprint density at radius 2 is 0.733 bits per heavy atom. The van der Waals surface area contributed by atoms with E-state index in [1.165, 1.54) is 32.1 Å². The third kappa shape index (κ3) is 28.0. The minimum atomic E-state index is -4.99. The molecule has 0 N–H and O–H groups in total. The molecule has 0 rings (SSSR count). The first-order valence-corrected chi connectivity index (χ1v) is 11.2. The van der Waals surface area contributed by atoms with E-state index in [9.17, 15) is 0 Å². The molecular formula is C30H62. The van der Waals surface area contributed by atoms with E-state index in [-0.39, 0.29) is 12.8 Å². The minimum Gasteiger partial charge on any atom is -0.0654 e. The monoisotopic (exact) mass is 453 g/mol. The molecule has 1 unspecified atom stereocenters. The van der Waals surface area contributed by atoms with Gasteiger partial charge >= 0.3 is 0 Å². The van der Waals surface area contributed by atoms with Gasteiger partial charge in [-0.3, -0.25) is 0 Å². The van der Waals surface area contributed by atoms with Crippen LogP contribution < -0.4 is 0 Å². The van der Waals surface area contributed by atoms with Gasteiger partial charge in [0.1, 0.15) is 0 Å². The average Bonchev–Trinajstić information content (AvgIpc) is 3.08. The summed E-state index contributed by atoms with van der Waals surface area (Å²) in [5.41, 5.74) is 0. The zero-order valence-corrected chi connectivity index (χ0v) is 18.5. The van der Waals surface area contributed by atoms with Crippen LogP contribution in [0.3, 0.4) is 0 Å². The number of hydrogen-bond donors (Lipinski definition) is 0. The molecule has 0 aliphatic rings. The summed E-state index contributed by atoms with van der Waals surface area (Å²) in [4.78, 5) is 0. The first kappa shape index (κ1) is 7.25. The molecule has 0 radical (unpaired) electrons. The van der Waals surface area contributed by atoms with Crippen molar-refractivity contribution in [1.29, 1.82) is 0 Å². The van der Waals surface area contributed by atoms with Gasteiger partial charge < -0.3 is 0 Å². The molecule has 0 aliphatic heterocycles. The van der Waals surface area contributed by atoms with Crippen molar-refractivity contribution in [2.45, 2.75) is 193 Å². The highest BCUT2D eigenvalue weighted by Crippen LogP contribution is 2.16. The van der Waals surface area contributed by atoms with E-state index < -0.39 is 96.1 Å². The van der Waals surface area contributed by atoms with Crippen LogP contribution in [0.15, 0.2) is 0 Å². The standard InChI is InChI=1S/C30H62/c1-3-5-7-9-11-13-15-17-19-21-23-25-27-29-30-28-26-24-22-20-18-16-14-12-10-8-6-4-2/h3-30H2,1-2H3/i1D3,3D2,5D2,7D2,9D2,11D2,13D2,15D2,17D2,19D2,21D2,23D2,25D2,27D2,29D. The van der Waals surface area contributed by atoms with Gasteiger partial charge in [-0.2, -0.15) is 0 Å². The number of unbranched alkanes of at least 4 members (excludes halogenated alkanes) is 12. The molecule has 0 aromatic heterocycles. The Labute approximate surface area is 235 Å². The van der Waals surface area contributed by atoms with Gasteiger partial charge in [0.25, 0.3) is 0 Å². The van der Waals surface area contributed by atoms with E-state index in [1.54, 1.807) is 0 Å². The maximum atomic E-state index is 8.40. The summed E-state index contributed by atoms with van der Waals surface area (Å²) in [7, 11) is 0. The molecule has 0 aromatic carbocycles. The Hall–Kier alpha value is 0. The van der Waals surface area contributed by atoms with Crippen LogP contribution in [0.4, 0.5) is 0 Å². The summed E-state index contributed by atoms with van der Waals surface area (Å²) in [6.07, 6.45) is -50.7. The predicted molar refractivity (Wildman–Crippen MR) is 141 cm³/mol. The van der Waals surface area contributed by atoms with Gasteiger partial charge in [0.15, 0.2) is 0 Å². The molecule has 0 saturated heterocycles. The summed E-state index contributed by atoms with van der Waals surface area (Å²) >= 11 is 0. The van der Waals surface area contributed by atoms with E-state index in [2.05, 4.69) is 6.92 Å². The highest BCUT2D eigenvalue weighted by molar-refractivity contribution is 4.52. The lowest BCUT2D eigenvalue weighted by atomic mass is 10.0. The van der Waals surface area contributed by atoms with Gasteiger partial charge in [0.05, 0.1) is 0 Å². The van der Waals surface area contributed by atoms with E-state index in [4.69, 9.17) is 41.1 Å². The van der Waals surface area contributed by atoms with Crippen LogP contribution in [0.5, 0.6) is 0 Å². The molecule has 0 fully saturated rings. The van der Waals surface area contributed by atoms with E-state index >= 15 is 0 Å². The van der Waals surface area contributed by atoms with Crippen molar-refractivity contribution >= 4 is 0 Å². The molecule has 0 bridgehead atoms. The molecule has 1 atom stereocenters. The maximum Gasteiger partial charge on any atom is 0.0267 e. The Morgan fingerprint density at radius 3 is 1.13 bits per heavy atom. The van der Waals surface area contributed by atoms with E-state index in [0.717, 1.165) is 32.1 Å². The van der Waals surface area contributed by atoms with Gasteiger partial charge in [-0.1, -0.05) is 193 Å². The van der Waals surface area contributed by atoms with Crippen molar-refractivity contribution in [2.24, 2.45) is 0 Å². The fourth-order valence-electron chi connectivity index (χ4n) is 2.74. The molecule has 182 valence electrons. The van der Waals surface area contributed by atoms with Crippen LogP contribution in [0, 0.1) is 0 Å². The maximum absolute atomic E-state index is 8.40. The highest BCUT2D eigenvalue weighted by Gasteiger charge is 1.96. The quantitative estimate of drug-likeness (QED) is 0.109. The summed E-state index contributed by atoms with van der Waals surface area (Å²) in [6.45, 7) is -1.92. The third-order valence-corrected chi connectivity index (χ3v) is 4.31. The first-order chi connectivity index (χ1) is 26.2. The van der Waals surface area contributed by atoms with Crippen molar-refractivity contribution < 1.29 is 41.1 Å². The van der Waals surface area contributed by atoms with Crippen molar-refractivity contribution in [1.82, 2.24) is 0 Å². The van der Waals surface area contributed by atoms with Crippen molar-refractivity contribution in [3.63, 3.8) is 0 Å². The normalized spacial score (nSPS) is 33.9. The lowest BCUT2D eigenvalue weighted by molar-refractivity contribution is 0.514. The van der Waals surface area contributed by atoms with Crippen LogP contribution in [-0.4, -0.2) is 0 Å². The van der Waals surface area contributed by atoms with E-state index in [0.29, 0.717) is 12.8 Å². The molecule has 0 heterocycles. The van der Waals surface area contributed by atoms with E-state index in [1.807, 2.05) is 0 Å². The van der Waals surface area contributed by atoms with Crippen LogP contribution in [0.25, 0.3) is 0 Å². The second-order valence-electron chi connectivity index (χ2n) is 6.88. The van der Waals surface area contributed by atoms with Crippen molar-refractivity contribution in [3.8, 4) is 0 Å². The number of rotatable bonds is 27. The van der Waals surface area contributed by atoms with Gasteiger partial charge in [0.2, 0.25) is 0 Å². The fourth-order valence-corrected chi connectivity index (χ4v) is 2.74. The molecule has 0 aromatic rings. The Bertz CT molecular complexity index is 1340. The largest absolute Gasteiger partial charge is 0.0654 e. The minimum absolute atomic E-state index is 0.172. The Balaban J connectivity index is 6.53. The molecular weight excluding hydrogens is 360 g/mol. The molecule has 0 nitrogen and oxygen atoms in total. The zero-order valence-electron chi connectivity index (χ0n) is 48.5. The lowest BCUT2D eigenvalue weighted by Crippen LogP contribution is -1.84. The third-order valence-electron chi connectivity index (χ3n) is 4.31. The highest BCUT2D eigenvalue weighted by atomic mass is 14.0. The summed E-state index contributed by atoms with van der Waals surface area (Å²) < 4.78 is 244. The van der Waals surface area contributed by atoms with Crippen LogP contribution in [0.1, 0.15) is 234 Å². The van der Waals surface area contributed by atoms with Gasteiger partial charge in [-0.15, -0.1) is 0 Å². The van der Waals surface area contributed by atoms with Crippen LogP contribution in [0.2, 0.25) is 0 Å². The molecule has 0 spiro atoms. The number of hydrogen-bond acceptors (Lipinski definition) is 0. The van der Waals surface area contributed by atoms with Crippen molar-refractivity contribution in [3.05, 3.63) is 0 Å². The predicted octanol–water partition coefficient (Wildman–Crippen LogP) is 11.9. The topological polar surface area (TPSA) is 0 Å². The van der Waals surface area contributed by atoms with Gasteiger partial charge in [-0.25, -0.2) is 0 Å². The Morgan fingerprint density at radius 1 is 0.400 bits per heavy atom. The van der Waals surface area contributed by atoms with Crippen LogP contribution in [-0.2, 0) is 0 Å². The second-order valence-corrected chi connectivity index (χ2v) is 6.88. The fraction of sp³-hybridized carbons (Fsp3) is 1.00.